The summed E-state index contributed by atoms with van der Waals surface area (Å²) in [6, 6.07) is 7.09. The van der Waals surface area contributed by atoms with Gasteiger partial charge in [-0.2, -0.15) is 0 Å². The summed E-state index contributed by atoms with van der Waals surface area (Å²) in [4.78, 5) is 23.3. The van der Waals surface area contributed by atoms with Crippen molar-refractivity contribution in [3.63, 3.8) is 0 Å². The number of amides is 1. The third-order valence-electron chi connectivity index (χ3n) is 3.81. The smallest absolute Gasteiger partial charge is 0.345 e. The van der Waals surface area contributed by atoms with Gasteiger partial charge in [0.1, 0.15) is 4.88 Å². The predicted octanol–water partition coefficient (Wildman–Crippen LogP) is 3.35. The van der Waals surface area contributed by atoms with Gasteiger partial charge in [0.2, 0.25) is 5.91 Å². The van der Waals surface area contributed by atoms with Crippen molar-refractivity contribution in [2.24, 2.45) is 5.92 Å². The van der Waals surface area contributed by atoms with Crippen molar-refractivity contribution in [3.05, 3.63) is 29.1 Å². The molecule has 2 N–H and O–H groups in total. The minimum absolute atomic E-state index is 0.0139. The molecule has 1 aromatic heterocycles. The van der Waals surface area contributed by atoms with Crippen molar-refractivity contribution < 1.29 is 19.4 Å². The Morgan fingerprint density at radius 3 is 2.95 bits per heavy atom. The van der Waals surface area contributed by atoms with Crippen LogP contribution in [0.3, 0.4) is 0 Å². The van der Waals surface area contributed by atoms with Crippen molar-refractivity contribution in [2.75, 3.05) is 18.5 Å². The van der Waals surface area contributed by atoms with Crippen molar-refractivity contribution in [1.29, 1.82) is 0 Å². The lowest BCUT2D eigenvalue weighted by Crippen LogP contribution is -2.13. The number of rotatable bonds is 5. The molecule has 1 aliphatic heterocycles. The Bertz CT molecular complexity index is 703. The molecule has 0 saturated carbocycles. The molecule has 0 aliphatic carbocycles. The fourth-order valence-electron chi connectivity index (χ4n) is 2.60. The maximum absolute atomic E-state index is 12.0. The van der Waals surface area contributed by atoms with Crippen LogP contribution in [-0.4, -0.2) is 30.2 Å². The number of carboxylic acid groups (broad SMARTS) is 1. The number of aromatic carboxylic acids is 1. The molecule has 1 aliphatic rings. The first-order valence-corrected chi connectivity index (χ1v) is 8.08. The van der Waals surface area contributed by atoms with E-state index < -0.39 is 5.97 Å². The molecule has 3 rings (SSSR count). The highest BCUT2D eigenvalue weighted by Crippen LogP contribution is 2.28. The Balaban J connectivity index is 1.62. The van der Waals surface area contributed by atoms with E-state index in [4.69, 9.17) is 9.84 Å². The molecular weight excluding hydrogens is 302 g/mol. The molecule has 1 saturated heterocycles. The number of fused-ring (bicyclic) bond motifs is 1. The average molecular weight is 319 g/mol. The molecule has 0 spiro atoms. The molecule has 0 radical (unpaired) electrons. The van der Waals surface area contributed by atoms with Crippen LogP contribution in [0.2, 0.25) is 0 Å². The van der Waals surface area contributed by atoms with Gasteiger partial charge < -0.3 is 15.2 Å². The van der Waals surface area contributed by atoms with Gasteiger partial charge in [-0.25, -0.2) is 4.79 Å². The Hall–Kier alpha value is -1.92. The Morgan fingerprint density at radius 2 is 2.23 bits per heavy atom. The number of thiophene rings is 1. The van der Waals surface area contributed by atoms with Crippen LogP contribution in [-0.2, 0) is 9.53 Å². The van der Waals surface area contributed by atoms with Crippen LogP contribution in [0.25, 0.3) is 10.1 Å². The molecule has 22 heavy (non-hydrogen) atoms. The van der Waals surface area contributed by atoms with E-state index in [1.54, 1.807) is 12.1 Å². The maximum Gasteiger partial charge on any atom is 0.345 e. The minimum Gasteiger partial charge on any atom is -0.477 e. The number of ether oxygens (including phenoxy) is 1. The van der Waals surface area contributed by atoms with Gasteiger partial charge in [0.25, 0.3) is 0 Å². The van der Waals surface area contributed by atoms with Gasteiger partial charge in [0, 0.05) is 30.0 Å². The van der Waals surface area contributed by atoms with Crippen molar-refractivity contribution in [3.8, 4) is 0 Å². The van der Waals surface area contributed by atoms with Gasteiger partial charge >= 0.3 is 5.97 Å². The van der Waals surface area contributed by atoms with E-state index in [2.05, 4.69) is 5.32 Å². The average Bonchev–Trinajstić information content (AvgIpc) is 3.14. The largest absolute Gasteiger partial charge is 0.477 e. The number of benzene rings is 1. The maximum atomic E-state index is 12.0. The number of carboxylic acids is 1. The van der Waals surface area contributed by atoms with Gasteiger partial charge in [-0.05, 0) is 48.4 Å². The third-order valence-corrected chi connectivity index (χ3v) is 4.92. The van der Waals surface area contributed by atoms with Crippen molar-refractivity contribution >= 4 is 39.0 Å². The van der Waals surface area contributed by atoms with E-state index >= 15 is 0 Å². The van der Waals surface area contributed by atoms with E-state index in [9.17, 15) is 9.59 Å². The second kappa shape index (κ2) is 6.46. The molecular formula is C16H17NO4S. The fraction of sp³-hybridized carbons (Fsp3) is 0.375. The molecule has 6 heteroatoms. The quantitative estimate of drug-likeness (QED) is 0.886. The Kier molecular flexibility index (Phi) is 4.40. The molecule has 116 valence electrons. The first-order valence-electron chi connectivity index (χ1n) is 7.26. The summed E-state index contributed by atoms with van der Waals surface area (Å²) in [6.07, 6.45) is 2.36. The van der Waals surface area contributed by atoms with Gasteiger partial charge in [-0.3, -0.25) is 4.79 Å². The number of carbonyl (C=O) groups excluding carboxylic acids is 1. The molecule has 1 aromatic carbocycles. The van der Waals surface area contributed by atoms with E-state index in [0.29, 0.717) is 22.9 Å². The molecule has 0 bridgehead atoms. The van der Waals surface area contributed by atoms with Crippen LogP contribution in [0.1, 0.15) is 28.9 Å². The molecule has 2 heterocycles. The van der Waals surface area contributed by atoms with Crippen LogP contribution in [0.15, 0.2) is 24.3 Å². The van der Waals surface area contributed by atoms with E-state index in [1.165, 1.54) is 11.3 Å². The molecule has 2 aromatic rings. The molecule has 1 unspecified atom stereocenters. The van der Waals surface area contributed by atoms with Crippen LogP contribution < -0.4 is 5.32 Å². The summed E-state index contributed by atoms with van der Waals surface area (Å²) in [5.74, 6) is -0.450. The highest BCUT2D eigenvalue weighted by Gasteiger charge is 2.17. The molecule has 1 amide bonds. The lowest BCUT2D eigenvalue weighted by Gasteiger charge is -2.08. The van der Waals surface area contributed by atoms with Gasteiger partial charge in [0.15, 0.2) is 0 Å². The van der Waals surface area contributed by atoms with Gasteiger partial charge in [-0.1, -0.05) is 0 Å². The standard InChI is InChI=1S/C16H17NO4S/c18-15(4-1-10-5-6-21-9-10)17-12-2-3-13-11(7-12)8-14(22-13)16(19)20/h2-3,7-8,10H,1,4-6,9H2,(H,17,18)(H,19,20). The summed E-state index contributed by atoms with van der Waals surface area (Å²) in [6.45, 7) is 1.55. The monoisotopic (exact) mass is 319 g/mol. The summed E-state index contributed by atoms with van der Waals surface area (Å²) in [7, 11) is 0. The first kappa shape index (κ1) is 15.0. The predicted molar refractivity (Wildman–Crippen MR) is 85.6 cm³/mol. The minimum atomic E-state index is -0.925. The number of nitrogens with one attached hydrogen (secondary N) is 1. The number of anilines is 1. The summed E-state index contributed by atoms with van der Waals surface area (Å²) in [5.41, 5.74) is 0.704. The summed E-state index contributed by atoms with van der Waals surface area (Å²) >= 11 is 1.23. The Labute approximate surface area is 131 Å². The van der Waals surface area contributed by atoms with Gasteiger partial charge in [-0.15, -0.1) is 11.3 Å². The molecule has 1 fully saturated rings. The second-order valence-corrected chi connectivity index (χ2v) is 6.57. The van der Waals surface area contributed by atoms with E-state index in [-0.39, 0.29) is 5.91 Å². The zero-order valence-corrected chi connectivity index (χ0v) is 12.8. The topological polar surface area (TPSA) is 75.6 Å². The Morgan fingerprint density at radius 1 is 1.36 bits per heavy atom. The van der Waals surface area contributed by atoms with Crippen LogP contribution in [0, 0.1) is 5.92 Å². The fourth-order valence-corrected chi connectivity index (χ4v) is 3.48. The lowest BCUT2D eigenvalue weighted by atomic mass is 10.0. The summed E-state index contributed by atoms with van der Waals surface area (Å²) < 4.78 is 6.20. The number of carbonyl (C=O) groups is 2. The van der Waals surface area contributed by atoms with E-state index in [1.807, 2.05) is 12.1 Å². The van der Waals surface area contributed by atoms with Crippen molar-refractivity contribution in [1.82, 2.24) is 0 Å². The highest BCUT2D eigenvalue weighted by molar-refractivity contribution is 7.20. The second-order valence-electron chi connectivity index (χ2n) is 5.48. The van der Waals surface area contributed by atoms with Crippen LogP contribution in [0.4, 0.5) is 5.69 Å². The zero-order chi connectivity index (χ0) is 15.5. The van der Waals surface area contributed by atoms with Crippen molar-refractivity contribution in [2.45, 2.75) is 19.3 Å². The summed E-state index contributed by atoms with van der Waals surface area (Å²) in [5, 5.41) is 12.7. The SMILES string of the molecule is O=C(CCC1CCOC1)Nc1ccc2sc(C(=O)O)cc2c1. The number of hydrogen-bond donors (Lipinski definition) is 2. The van der Waals surface area contributed by atoms with Crippen LogP contribution >= 0.6 is 11.3 Å². The molecule has 1 atom stereocenters. The van der Waals surface area contributed by atoms with Gasteiger partial charge in [0.05, 0.1) is 0 Å². The highest BCUT2D eigenvalue weighted by atomic mass is 32.1. The third kappa shape index (κ3) is 3.45. The first-order chi connectivity index (χ1) is 10.6. The van der Waals surface area contributed by atoms with Crippen LogP contribution in [0.5, 0.6) is 0 Å². The molecule has 5 nitrogen and oxygen atoms in total. The zero-order valence-electron chi connectivity index (χ0n) is 12.0. The number of hydrogen-bond acceptors (Lipinski definition) is 4. The lowest BCUT2D eigenvalue weighted by molar-refractivity contribution is -0.116. The van der Waals surface area contributed by atoms with E-state index in [0.717, 1.165) is 36.1 Å². The normalized spacial score (nSPS) is 17.7.